The van der Waals surface area contributed by atoms with Crippen molar-refractivity contribution in [1.82, 2.24) is 0 Å². The van der Waals surface area contributed by atoms with E-state index < -0.39 is 11.2 Å². The smallest absolute Gasteiger partial charge is 0.341 e. The molecule has 39 heavy (non-hydrogen) atoms. The molecule has 1 unspecified atom stereocenters. The topological polar surface area (TPSA) is 93.7 Å². The molecule has 1 atom stereocenters. The number of rotatable bonds is 10. The normalized spacial score (nSPS) is 11.4. The van der Waals surface area contributed by atoms with Crippen LogP contribution in [0, 0.1) is 0 Å². The zero-order valence-electron chi connectivity index (χ0n) is 21.7. The minimum Gasteiger partial charge on any atom is -0.497 e. The Morgan fingerprint density at radius 3 is 2.38 bits per heavy atom. The molecule has 0 radical (unpaired) electrons. The average Bonchev–Trinajstić information content (AvgIpc) is 3.37. The Balaban J connectivity index is 1.45. The second-order valence-electron chi connectivity index (χ2n) is 8.40. The molecule has 200 valence electrons. The van der Waals surface area contributed by atoms with Crippen molar-refractivity contribution in [3.05, 3.63) is 95.4 Å². The van der Waals surface area contributed by atoms with Crippen molar-refractivity contribution in [2.24, 2.45) is 0 Å². The number of hydrogen-bond donors (Lipinski definition) is 2. The summed E-state index contributed by atoms with van der Waals surface area (Å²) in [6.45, 7) is 3.77. The summed E-state index contributed by atoms with van der Waals surface area (Å²) in [4.78, 5) is 39.4. The van der Waals surface area contributed by atoms with Crippen molar-refractivity contribution >= 4 is 51.6 Å². The molecule has 9 heteroatoms. The van der Waals surface area contributed by atoms with Gasteiger partial charge in [0.25, 0.3) is 5.91 Å². The molecule has 3 aromatic carbocycles. The van der Waals surface area contributed by atoms with E-state index in [9.17, 15) is 14.4 Å². The van der Waals surface area contributed by atoms with Crippen LogP contribution >= 0.6 is 23.1 Å². The van der Waals surface area contributed by atoms with Crippen molar-refractivity contribution in [3.63, 3.8) is 0 Å². The number of hydrogen-bond acceptors (Lipinski definition) is 7. The summed E-state index contributed by atoms with van der Waals surface area (Å²) in [5.41, 5.74) is 3.05. The first-order valence-corrected chi connectivity index (χ1v) is 14.0. The highest BCUT2D eigenvalue weighted by molar-refractivity contribution is 8.00. The summed E-state index contributed by atoms with van der Waals surface area (Å²) in [5, 5.41) is 7.62. The van der Waals surface area contributed by atoms with E-state index >= 15 is 0 Å². The third-order valence-corrected chi connectivity index (χ3v) is 7.71. The molecule has 1 aromatic heterocycles. The van der Waals surface area contributed by atoms with Gasteiger partial charge in [-0.25, -0.2) is 4.79 Å². The third kappa shape index (κ3) is 7.07. The van der Waals surface area contributed by atoms with Gasteiger partial charge >= 0.3 is 5.97 Å². The van der Waals surface area contributed by atoms with Crippen LogP contribution in [0.1, 0.15) is 34.6 Å². The number of thiophene rings is 1. The van der Waals surface area contributed by atoms with Gasteiger partial charge in [0.05, 0.1) is 19.0 Å². The Morgan fingerprint density at radius 2 is 1.69 bits per heavy atom. The number of amides is 2. The number of benzene rings is 3. The molecule has 0 saturated heterocycles. The molecule has 0 aliphatic rings. The quantitative estimate of drug-likeness (QED) is 0.161. The number of anilines is 2. The molecule has 0 aliphatic heterocycles. The fourth-order valence-electron chi connectivity index (χ4n) is 3.75. The van der Waals surface area contributed by atoms with Gasteiger partial charge in [0.1, 0.15) is 16.3 Å². The van der Waals surface area contributed by atoms with Crippen LogP contribution in [0.5, 0.6) is 5.75 Å². The molecule has 4 rings (SSSR count). The minimum atomic E-state index is -0.478. The number of esters is 1. The number of carbonyl (C=O) groups excluding carboxylic acids is 3. The van der Waals surface area contributed by atoms with E-state index in [0.29, 0.717) is 27.6 Å². The lowest BCUT2D eigenvalue weighted by atomic mass is 10.0. The summed E-state index contributed by atoms with van der Waals surface area (Å²) in [7, 11) is 1.57. The monoisotopic (exact) mass is 560 g/mol. The van der Waals surface area contributed by atoms with E-state index in [0.717, 1.165) is 16.0 Å². The van der Waals surface area contributed by atoms with Gasteiger partial charge in [-0.3, -0.25) is 9.59 Å². The molecular formula is C30H28N2O5S2. The summed E-state index contributed by atoms with van der Waals surface area (Å²) in [6.07, 6.45) is 0. The van der Waals surface area contributed by atoms with Gasteiger partial charge in [0, 0.05) is 27.1 Å². The van der Waals surface area contributed by atoms with Crippen LogP contribution in [-0.2, 0) is 9.53 Å². The lowest BCUT2D eigenvalue weighted by molar-refractivity contribution is -0.115. The maximum absolute atomic E-state index is 13.1. The zero-order valence-corrected chi connectivity index (χ0v) is 23.4. The Bertz CT molecular complexity index is 1450. The van der Waals surface area contributed by atoms with E-state index in [2.05, 4.69) is 10.6 Å². The van der Waals surface area contributed by atoms with Crippen LogP contribution in [0.2, 0.25) is 0 Å². The van der Waals surface area contributed by atoms with Gasteiger partial charge < -0.3 is 20.1 Å². The molecule has 2 N–H and O–H groups in total. The highest BCUT2D eigenvalue weighted by Crippen LogP contribution is 2.37. The van der Waals surface area contributed by atoms with E-state index in [1.807, 2.05) is 53.9 Å². The fraction of sp³-hybridized carbons (Fsp3) is 0.167. The van der Waals surface area contributed by atoms with Crippen LogP contribution in [0.4, 0.5) is 10.7 Å². The molecule has 1 heterocycles. The number of thioether (sulfide) groups is 1. The molecular weight excluding hydrogens is 532 g/mol. The average molecular weight is 561 g/mol. The van der Waals surface area contributed by atoms with E-state index in [1.165, 1.54) is 23.1 Å². The predicted molar refractivity (Wildman–Crippen MR) is 157 cm³/mol. The van der Waals surface area contributed by atoms with Crippen LogP contribution in [0.3, 0.4) is 0 Å². The van der Waals surface area contributed by atoms with Gasteiger partial charge in [-0.05, 0) is 61.9 Å². The van der Waals surface area contributed by atoms with Gasteiger partial charge in [-0.1, -0.05) is 36.4 Å². The predicted octanol–water partition coefficient (Wildman–Crippen LogP) is 6.97. The molecule has 4 aromatic rings. The SMILES string of the molecule is CCOC(=O)c1c(-c2ccccc2)csc1NC(=O)C(C)Sc1cccc(NC(=O)c2ccc(OC)cc2)c1. The summed E-state index contributed by atoms with van der Waals surface area (Å²) in [5.74, 6) is -0.303. The highest BCUT2D eigenvalue weighted by Gasteiger charge is 2.24. The van der Waals surface area contributed by atoms with Gasteiger partial charge in [-0.2, -0.15) is 0 Å². The summed E-state index contributed by atoms with van der Waals surface area (Å²) < 4.78 is 10.4. The molecule has 2 amide bonds. The first kappa shape index (κ1) is 27.9. The maximum atomic E-state index is 13.1. The zero-order chi connectivity index (χ0) is 27.8. The molecule has 0 saturated carbocycles. The first-order valence-electron chi connectivity index (χ1n) is 12.3. The van der Waals surface area contributed by atoms with Crippen molar-refractivity contribution in [1.29, 1.82) is 0 Å². The summed E-state index contributed by atoms with van der Waals surface area (Å²) in [6, 6.07) is 23.7. The van der Waals surface area contributed by atoms with Crippen molar-refractivity contribution in [3.8, 4) is 16.9 Å². The largest absolute Gasteiger partial charge is 0.497 e. The van der Waals surface area contributed by atoms with Crippen LogP contribution in [0.25, 0.3) is 11.1 Å². The molecule has 0 bridgehead atoms. The Hall–Kier alpha value is -4.08. The van der Waals surface area contributed by atoms with Crippen LogP contribution in [0.15, 0.2) is 89.1 Å². The van der Waals surface area contributed by atoms with Crippen LogP contribution < -0.4 is 15.4 Å². The first-order chi connectivity index (χ1) is 18.9. The fourth-order valence-corrected chi connectivity index (χ4v) is 5.64. The second-order valence-corrected chi connectivity index (χ2v) is 10.7. The number of methoxy groups -OCH3 is 1. The van der Waals surface area contributed by atoms with E-state index in [1.54, 1.807) is 51.3 Å². The number of nitrogens with one attached hydrogen (secondary N) is 2. The molecule has 0 spiro atoms. The van der Waals surface area contributed by atoms with Gasteiger partial charge in [0.15, 0.2) is 0 Å². The Labute approximate surface area is 235 Å². The van der Waals surface area contributed by atoms with Crippen molar-refractivity contribution in [2.45, 2.75) is 24.0 Å². The second kappa shape index (κ2) is 13.1. The Kier molecular flexibility index (Phi) is 9.40. The summed E-state index contributed by atoms with van der Waals surface area (Å²) >= 11 is 2.64. The molecule has 7 nitrogen and oxygen atoms in total. The lowest BCUT2D eigenvalue weighted by Crippen LogP contribution is -2.23. The van der Waals surface area contributed by atoms with Crippen LogP contribution in [-0.4, -0.2) is 36.8 Å². The van der Waals surface area contributed by atoms with E-state index in [-0.39, 0.29) is 18.4 Å². The lowest BCUT2D eigenvalue weighted by Gasteiger charge is -2.14. The standard InChI is InChI=1S/C30H28N2O5S2/c1-4-37-30(35)26-25(20-9-6-5-7-10-20)18-38-29(26)32-27(33)19(2)39-24-12-8-11-22(17-24)31-28(34)21-13-15-23(36-3)16-14-21/h5-19H,4H2,1-3H3,(H,31,34)(H,32,33). The van der Waals surface area contributed by atoms with Gasteiger partial charge in [0.2, 0.25) is 5.91 Å². The van der Waals surface area contributed by atoms with Gasteiger partial charge in [-0.15, -0.1) is 23.1 Å². The number of ether oxygens (including phenoxy) is 2. The molecule has 0 aliphatic carbocycles. The Morgan fingerprint density at radius 1 is 0.949 bits per heavy atom. The maximum Gasteiger partial charge on any atom is 0.341 e. The van der Waals surface area contributed by atoms with Crippen molar-refractivity contribution < 1.29 is 23.9 Å². The number of carbonyl (C=O) groups is 3. The van der Waals surface area contributed by atoms with E-state index in [4.69, 9.17) is 9.47 Å². The third-order valence-electron chi connectivity index (χ3n) is 5.72. The van der Waals surface area contributed by atoms with Crippen molar-refractivity contribution in [2.75, 3.05) is 24.4 Å². The minimum absolute atomic E-state index is 0.230. The highest BCUT2D eigenvalue weighted by atomic mass is 32.2. The molecule has 0 fully saturated rings.